The van der Waals surface area contributed by atoms with Crippen molar-refractivity contribution in [3.05, 3.63) is 147 Å². The van der Waals surface area contributed by atoms with Gasteiger partial charge in [0.15, 0.2) is 5.82 Å². The van der Waals surface area contributed by atoms with Crippen LogP contribution in [-0.4, -0.2) is 20.2 Å². The molecule has 6 rings (SSSR count). The first kappa shape index (κ1) is 24.9. The molecule has 4 nitrogen and oxygen atoms in total. The topological polar surface area (TPSA) is 43.6 Å². The lowest BCUT2D eigenvalue weighted by molar-refractivity contribution is 0.451. The van der Waals surface area contributed by atoms with E-state index in [1.54, 1.807) is 11.3 Å². The van der Waals surface area contributed by atoms with Crippen LogP contribution in [0, 0.1) is 0 Å². The molecule has 2 heterocycles. The number of nitrogens with zero attached hydrogens (tertiary/aromatic N) is 4. The van der Waals surface area contributed by atoms with E-state index in [9.17, 15) is 0 Å². The van der Waals surface area contributed by atoms with Crippen molar-refractivity contribution in [1.29, 1.82) is 0 Å². The first-order chi connectivity index (χ1) is 18.7. The van der Waals surface area contributed by atoms with Gasteiger partial charge in [0, 0.05) is 21.3 Å². The summed E-state index contributed by atoms with van der Waals surface area (Å²) in [6, 6.07) is 42.0. The van der Waals surface area contributed by atoms with Gasteiger partial charge in [0.05, 0.1) is 3.79 Å². The second-order valence-electron chi connectivity index (χ2n) is 8.80. The number of thiophene rings is 1. The Morgan fingerprint density at radius 1 is 0.658 bits per heavy atom. The van der Waals surface area contributed by atoms with E-state index in [1.165, 1.54) is 4.88 Å². The zero-order valence-electron chi connectivity index (χ0n) is 20.2. The van der Waals surface area contributed by atoms with Gasteiger partial charge in [0.1, 0.15) is 5.54 Å². The molecule has 0 spiro atoms. The first-order valence-electron chi connectivity index (χ1n) is 12.1. The van der Waals surface area contributed by atoms with Crippen molar-refractivity contribution in [1.82, 2.24) is 20.2 Å². The summed E-state index contributed by atoms with van der Waals surface area (Å²) in [6.45, 7) is 0. The van der Waals surface area contributed by atoms with E-state index in [2.05, 4.69) is 139 Å². The molecule has 0 aliphatic heterocycles. The van der Waals surface area contributed by atoms with Gasteiger partial charge in [-0.15, -0.1) is 16.4 Å². The molecule has 0 aliphatic rings. The van der Waals surface area contributed by atoms with Crippen molar-refractivity contribution in [3.63, 3.8) is 0 Å². The van der Waals surface area contributed by atoms with Crippen molar-refractivity contribution in [2.75, 3.05) is 0 Å². The molecule has 0 radical (unpaired) electrons. The van der Waals surface area contributed by atoms with Gasteiger partial charge < -0.3 is 0 Å². The summed E-state index contributed by atoms with van der Waals surface area (Å²) < 4.78 is 3.07. The maximum absolute atomic E-state index is 4.71. The van der Waals surface area contributed by atoms with E-state index >= 15 is 0 Å². The lowest BCUT2D eigenvalue weighted by Crippen LogP contribution is -2.39. The third kappa shape index (κ3) is 4.25. The van der Waals surface area contributed by atoms with E-state index in [0.717, 1.165) is 42.5 Å². The van der Waals surface area contributed by atoms with Gasteiger partial charge in [-0.2, -0.15) is 0 Å². The Morgan fingerprint density at radius 2 is 1.16 bits per heavy atom. The molecule has 186 valence electrons. The van der Waals surface area contributed by atoms with Crippen LogP contribution >= 0.6 is 43.2 Å². The van der Waals surface area contributed by atoms with Crippen LogP contribution in [0.3, 0.4) is 0 Å². The summed E-state index contributed by atoms with van der Waals surface area (Å²) >= 11 is 9.13. The van der Waals surface area contributed by atoms with Gasteiger partial charge >= 0.3 is 0 Å². The Kier molecular flexibility index (Phi) is 7.06. The molecule has 0 saturated carbocycles. The maximum atomic E-state index is 4.71. The van der Waals surface area contributed by atoms with Crippen LogP contribution in [0.2, 0.25) is 0 Å². The van der Waals surface area contributed by atoms with Gasteiger partial charge in [-0.3, -0.25) is 0 Å². The minimum absolute atomic E-state index is 0.690. The number of rotatable bonds is 7. The molecule has 0 amide bonds. The smallest absolute Gasteiger partial charge is 0.184 e. The predicted octanol–water partition coefficient (Wildman–Crippen LogP) is 8.57. The monoisotopic (exact) mass is 640 g/mol. The number of alkyl halides is 1. The fourth-order valence-corrected chi connectivity index (χ4v) is 7.26. The minimum atomic E-state index is -0.803. The average Bonchev–Trinajstić information content (AvgIpc) is 3.62. The fraction of sp³-hybridized carbons (Fsp3) is 0.0645. The molecule has 0 bridgehead atoms. The Labute approximate surface area is 242 Å². The molecule has 4 aromatic carbocycles. The summed E-state index contributed by atoms with van der Waals surface area (Å²) in [6.07, 6.45) is 0. The van der Waals surface area contributed by atoms with Crippen molar-refractivity contribution in [2.45, 2.75) is 10.9 Å². The molecule has 7 heteroatoms. The molecule has 0 saturated heterocycles. The number of halogens is 2. The van der Waals surface area contributed by atoms with Crippen molar-refractivity contribution < 1.29 is 0 Å². The molecular formula is C31H22Br2N4S. The van der Waals surface area contributed by atoms with Crippen LogP contribution < -0.4 is 0 Å². The van der Waals surface area contributed by atoms with Gasteiger partial charge in [-0.05, 0) is 54.7 Å². The van der Waals surface area contributed by atoms with E-state index in [4.69, 9.17) is 5.21 Å². The standard InChI is InChI=1S/C31H22Br2N4S/c32-21-25-20-28(29(33)38-25)26-18-10-11-19-27(26)30-34-35-36-37(30)31(22-12-4-1-5-13-22,23-14-6-2-7-15-23)24-16-8-3-9-17-24/h1-20H,21H2. The first-order valence-corrected chi connectivity index (χ1v) is 14.9. The summed E-state index contributed by atoms with van der Waals surface area (Å²) in [5, 5.41) is 14.4. The molecule has 2 aromatic heterocycles. The number of tetrazole rings is 1. The average molecular weight is 642 g/mol. The zero-order chi connectivity index (χ0) is 26.0. The third-order valence-corrected chi connectivity index (χ3v) is 9.50. The molecule has 0 aliphatic carbocycles. The third-order valence-electron chi connectivity index (χ3n) is 6.69. The summed E-state index contributed by atoms with van der Waals surface area (Å²) in [4.78, 5) is 1.24. The second kappa shape index (κ2) is 10.8. The second-order valence-corrected chi connectivity index (χ2v) is 11.8. The van der Waals surface area contributed by atoms with Crippen LogP contribution in [0.15, 0.2) is 125 Å². The van der Waals surface area contributed by atoms with Gasteiger partial charge in [-0.25, -0.2) is 4.68 Å². The van der Waals surface area contributed by atoms with Gasteiger partial charge in [0.25, 0.3) is 0 Å². The highest BCUT2D eigenvalue weighted by Crippen LogP contribution is 2.45. The Hall–Kier alpha value is -3.39. The largest absolute Gasteiger partial charge is 0.205 e. The predicted molar refractivity (Wildman–Crippen MR) is 162 cm³/mol. The number of hydrogen-bond acceptors (Lipinski definition) is 4. The number of benzene rings is 4. The highest BCUT2D eigenvalue weighted by atomic mass is 79.9. The van der Waals surface area contributed by atoms with E-state index in [-0.39, 0.29) is 0 Å². The highest BCUT2D eigenvalue weighted by molar-refractivity contribution is 9.11. The maximum Gasteiger partial charge on any atom is 0.184 e. The van der Waals surface area contributed by atoms with Crippen LogP contribution in [0.5, 0.6) is 0 Å². The lowest BCUT2D eigenvalue weighted by atomic mass is 9.77. The van der Waals surface area contributed by atoms with Gasteiger partial charge in [0.2, 0.25) is 0 Å². The molecule has 0 fully saturated rings. The van der Waals surface area contributed by atoms with Crippen molar-refractivity contribution >= 4 is 43.2 Å². The van der Waals surface area contributed by atoms with Gasteiger partial charge in [-0.1, -0.05) is 131 Å². The molecule has 6 aromatic rings. The van der Waals surface area contributed by atoms with E-state index < -0.39 is 5.54 Å². The molecular weight excluding hydrogens is 620 g/mol. The Balaban J connectivity index is 1.69. The van der Waals surface area contributed by atoms with Crippen LogP contribution in [0.25, 0.3) is 22.5 Å². The quantitative estimate of drug-likeness (QED) is 0.130. The summed E-state index contributed by atoms with van der Waals surface area (Å²) in [5.74, 6) is 0.690. The Morgan fingerprint density at radius 3 is 1.66 bits per heavy atom. The van der Waals surface area contributed by atoms with E-state index in [0.29, 0.717) is 5.82 Å². The number of aromatic nitrogens is 4. The molecule has 0 N–H and O–H groups in total. The Bertz CT molecular complexity index is 1570. The summed E-state index contributed by atoms with van der Waals surface area (Å²) in [7, 11) is 0. The van der Waals surface area contributed by atoms with Crippen LogP contribution in [0.4, 0.5) is 0 Å². The van der Waals surface area contributed by atoms with Crippen LogP contribution in [0.1, 0.15) is 21.6 Å². The normalized spacial score (nSPS) is 11.5. The summed E-state index contributed by atoms with van der Waals surface area (Å²) in [5.41, 5.74) is 5.57. The molecule has 0 atom stereocenters. The molecule has 0 unspecified atom stereocenters. The minimum Gasteiger partial charge on any atom is -0.205 e. The zero-order valence-corrected chi connectivity index (χ0v) is 24.2. The fourth-order valence-electron chi connectivity index (χ4n) is 5.07. The van der Waals surface area contributed by atoms with Crippen LogP contribution in [-0.2, 0) is 10.9 Å². The van der Waals surface area contributed by atoms with Crippen molar-refractivity contribution in [2.24, 2.45) is 0 Å². The van der Waals surface area contributed by atoms with Crippen molar-refractivity contribution in [3.8, 4) is 22.5 Å². The van der Waals surface area contributed by atoms with E-state index in [1.807, 2.05) is 28.9 Å². The number of hydrogen-bond donors (Lipinski definition) is 0. The molecule has 38 heavy (non-hydrogen) atoms. The highest BCUT2D eigenvalue weighted by Gasteiger charge is 2.42. The SMILES string of the molecule is BrCc1cc(-c2ccccc2-c2nnnn2C(c2ccccc2)(c2ccccc2)c2ccccc2)c(Br)s1. The lowest BCUT2D eigenvalue weighted by Gasteiger charge is -2.36.